The monoisotopic (exact) mass is 178 g/mol. The molecule has 5 nitrogen and oxygen atoms in total. The van der Waals surface area contributed by atoms with E-state index in [2.05, 4.69) is 0 Å². The molecule has 0 aromatic rings. The van der Waals surface area contributed by atoms with E-state index in [1.807, 2.05) is 0 Å². The van der Waals surface area contributed by atoms with Crippen LogP contribution in [0.15, 0.2) is 0 Å². The predicted molar refractivity (Wildman–Crippen MR) is 39.1 cm³/mol. The van der Waals surface area contributed by atoms with Gasteiger partial charge in [0.25, 0.3) is 0 Å². The van der Waals surface area contributed by atoms with E-state index in [0.29, 0.717) is 0 Å². The largest absolute Gasteiger partial charge is 0.394 e. The molecular weight excluding hydrogens is 164 g/mol. The third-order valence-corrected chi connectivity index (χ3v) is 2.26. The second-order valence-electron chi connectivity index (χ2n) is 3.09. The van der Waals surface area contributed by atoms with Crippen molar-refractivity contribution >= 4 is 0 Å². The Bertz CT molecular complexity index is 146. The van der Waals surface area contributed by atoms with Crippen LogP contribution in [-0.2, 0) is 4.74 Å². The number of hydrogen-bond acceptors (Lipinski definition) is 5. The smallest absolute Gasteiger partial charge is 0.183 e. The highest BCUT2D eigenvalue weighted by atomic mass is 16.6. The van der Waals surface area contributed by atoms with E-state index in [9.17, 15) is 5.11 Å². The molecule has 0 radical (unpaired) electrons. The lowest BCUT2D eigenvalue weighted by molar-refractivity contribution is -0.271. The Morgan fingerprint density at radius 2 is 1.75 bits per heavy atom. The van der Waals surface area contributed by atoms with Gasteiger partial charge in [-0.05, 0) is 0 Å². The first-order valence-electron chi connectivity index (χ1n) is 3.88. The molecule has 1 rings (SSSR count). The molecule has 5 atom stereocenters. The molecule has 1 aliphatic heterocycles. The second-order valence-corrected chi connectivity index (χ2v) is 3.09. The Morgan fingerprint density at radius 1 is 1.17 bits per heavy atom. The van der Waals surface area contributed by atoms with E-state index in [-0.39, 0.29) is 12.5 Å². The Kier molecular flexibility index (Phi) is 3.03. The van der Waals surface area contributed by atoms with Crippen LogP contribution < -0.4 is 0 Å². The van der Waals surface area contributed by atoms with Crippen molar-refractivity contribution in [2.45, 2.75) is 31.5 Å². The van der Waals surface area contributed by atoms with Crippen LogP contribution in [0.3, 0.4) is 0 Å². The van der Waals surface area contributed by atoms with Gasteiger partial charge in [0.15, 0.2) is 6.29 Å². The predicted octanol–water partition coefficient (Wildman–Crippen LogP) is -1.95. The normalized spacial score (nSPS) is 49.2. The third kappa shape index (κ3) is 1.60. The van der Waals surface area contributed by atoms with Crippen molar-refractivity contribution < 1.29 is 25.2 Å². The Labute approximate surface area is 70.2 Å². The van der Waals surface area contributed by atoms with Crippen molar-refractivity contribution in [2.75, 3.05) is 6.61 Å². The molecule has 4 N–H and O–H groups in total. The standard InChI is InChI=1S/C7H14O5/c1-3-4(2-8)12-7(11)6(10)5(3)9/h3-11H,2H2,1H3. The highest BCUT2D eigenvalue weighted by molar-refractivity contribution is 4.85. The van der Waals surface area contributed by atoms with Crippen molar-refractivity contribution in [2.24, 2.45) is 5.92 Å². The summed E-state index contributed by atoms with van der Waals surface area (Å²) in [6.45, 7) is 1.36. The first-order valence-corrected chi connectivity index (χ1v) is 3.88. The molecule has 1 fully saturated rings. The first-order chi connectivity index (χ1) is 5.57. The van der Waals surface area contributed by atoms with Crippen LogP contribution in [0.5, 0.6) is 0 Å². The minimum absolute atomic E-state index is 0.276. The Balaban J connectivity index is 2.63. The zero-order valence-corrected chi connectivity index (χ0v) is 6.79. The fourth-order valence-electron chi connectivity index (χ4n) is 1.29. The summed E-state index contributed by atoms with van der Waals surface area (Å²) >= 11 is 0. The van der Waals surface area contributed by atoms with Gasteiger partial charge in [0, 0.05) is 5.92 Å². The molecule has 1 aliphatic rings. The summed E-state index contributed by atoms with van der Waals surface area (Å²) in [5.74, 6) is -0.381. The lowest BCUT2D eigenvalue weighted by Gasteiger charge is -2.38. The molecule has 1 heterocycles. The zero-order valence-electron chi connectivity index (χ0n) is 6.79. The van der Waals surface area contributed by atoms with E-state index in [1.54, 1.807) is 6.92 Å². The van der Waals surface area contributed by atoms with E-state index >= 15 is 0 Å². The maximum Gasteiger partial charge on any atom is 0.183 e. The topological polar surface area (TPSA) is 90.2 Å². The molecule has 0 aromatic heterocycles. The van der Waals surface area contributed by atoms with Crippen LogP contribution in [-0.4, -0.2) is 51.6 Å². The second kappa shape index (κ2) is 3.68. The fourth-order valence-corrected chi connectivity index (χ4v) is 1.29. The molecule has 5 unspecified atom stereocenters. The lowest BCUT2D eigenvalue weighted by atomic mass is 9.91. The minimum atomic E-state index is -1.41. The van der Waals surface area contributed by atoms with Crippen LogP contribution in [0, 0.1) is 5.92 Å². The van der Waals surface area contributed by atoms with E-state index in [4.69, 9.17) is 20.1 Å². The van der Waals surface area contributed by atoms with Gasteiger partial charge in [-0.1, -0.05) is 6.92 Å². The van der Waals surface area contributed by atoms with Gasteiger partial charge in [-0.25, -0.2) is 0 Å². The molecule has 0 amide bonds. The highest BCUT2D eigenvalue weighted by Crippen LogP contribution is 2.24. The number of ether oxygens (including phenoxy) is 1. The van der Waals surface area contributed by atoms with Gasteiger partial charge in [-0.3, -0.25) is 0 Å². The van der Waals surface area contributed by atoms with Gasteiger partial charge in [0.05, 0.1) is 18.8 Å². The third-order valence-electron chi connectivity index (χ3n) is 2.26. The number of rotatable bonds is 1. The molecule has 12 heavy (non-hydrogen) atoms. The SMILES string of the molecule is CC1C(CO)OC(O)C(O)C1O. The molecule has 5 heteroatoms. The van der Waals surface area contributed by atoms with Gasteiger partial charge in [-0.15, -0.1) is 0 Å². The maximum atomic E-state index is 9.32. The molecule has 72 valence electrons. The first kappa shape index (κ1) is 9.88. The van der Waals surface area contributed by atoms with Gasteiger partial charge in [0.1, 0.15) is 6.10 Å². The van der Waals surface area contributed by atoms with Gasteiger partial charge < -0.3 is 25.2 Å². The maximum absolute atomic E-state index is 9.32. The van der Waals surface area contributed by atoms with Crippen LogP contribution in [0.2, 0.25) is 0 Å². The average molecular weight is 178 g/mol. The molecular formula is C7H14O5. The van der Waals surface area contributed by atoms with Crippen molar-refractivity contribution in [1.82, 2.24) is 0 Å². The van der Waals surface area contributed by atoms with Crippen LogP contribution >= 0.6 is 0 Å². The van der Waals surface area contributed by atoms with Crippen molar-refractivity contribution in [1.29, 1.82) is 0 Å². The van der Waals surface area contributed by atoms with Crippen molar-refractivity contribution in [3.05, 3.63) is 0 Å². The number of aliphatic hydroxyl groups excluding tert-OH is 4. The molecule has 0 aromatic carbocycles. The highest BCUT2D eigenvalue weighted by Gasteiger charge is 2.40. The molecule has 1 saturated heterocycles. The van der Waals surface area contributed by atoms with Gasteiger partial charge >= 0.3 is 0 Å². The molecule has 0 saturated carbocycles. The summed E-state index contributed by atoms with van der Waals surface area (Å²) in [7, 11) is 0. The summed E-state index contributed by atoms with van der Waals surface area (Å²) in [5, 5.41) is 36.2. The quantitative estimate of drug-likeness (QED) is 0.375. The summed E-state index contributed by atoms with van der Waals surface area (Å²) in [6, 6.07) is 0. The molecule has 0 bridgehead atoms. The zero-order chi connectivity index (χ0) is 9.30. The van der Waals surface area contributed by atoms with E-state index in [0.717, 1.165) is 0 Å². The van der Waals surface area contributed by atoms with Crippen molar-refractivity contribution in [3.8, 4) is 0 Å². The van der Waals surface area contributed by atoms with Gasteiger partial charge in [0.2, 0.25) is 0 Å². The minimum Gasteiger partial charge on any atom is -0.394 e. The number of aliphatic hydroxyl groups is 4. The summed E-state index contributed by atoms with van der Waals surface area (Å²) in [5.41, 5.74) is 0. The van der Waals surface area contributed by atoms with E-state index < -0.39 is 24.6 Å². The summed E-state index contributed by atoms with van der Waals surface area (Å²) in [6.07, 6.45) is -4.36. The molecule has 0 aliphatic carbocycles. The summed E-state index contributed by atoms with van der Waals surface area (Å²) < 4.78 is 4.83. The Hall–Kier alpha value is -0.200. The van der Waals surface area contributed by atoms with Crippen LogP contribution in [0.25, 0.3) is 0 Å². The lowest BCUT2D eigenvalue weighted by Crippen LogP contribution is -2.54. The van der Waals surface area contributed by atoms with Crippen LogP contribution in [0.4, 0.5) is 0 Å². The molecule has 0 spiro atoms. The van der Waals surface area contributed by atoms with Crippen LogP contribution in [0.1, 0.15) is 6.92 Å². The van der Waals surface area contributed by atoms with Crippen molar-refractivity contribution in [3.63, 3.8) is 0 Å². The average Bonchev–Trinajstić information content (AvgIpc) is 2.08. The van der Waals surface area contributed by atoms with E-state index in [1.165, 1.54) is 0 Å². The number of hydrogen-bond donors (Lipinski definition) is 4. The fraction of sp³-hybridized carbons (Fsp3) is 1.00. The van der Waals surface area contributed by atoms with Gasteiger partial charge in [-0.2, -0.15) is 0 Å². The summed E-state index contributed by atoms with van der Waals surface area (Å²) in [4.78, 5) is 0. The Morgan fingerprint density at radius 3 is 2.25 bits per heavy atom.